The van der Waals surface area contributed by atoms with Crippen molar-refractivity contribution >= 4 is 5.95 Å². The van der Waals surface area contributed by atoms with Crippen molar-refractivity contribution in [3.8, 4) is 0 Å². The molecule has 1 aliphatic rings. The molecule has 0 radical (unpaired) electrons. The molecule has 0 aliphatic carbocycles. The Morgan fingerprint density at radius 3 is 2.13 bits per heavy atom. The van der Waals surface area contributed by atoms with Crippen molar-refractivity contribution in [2.24, 2.45) is 0 Å². The lowest BCUT2D eigenvalue weighted by Crippen LogP contribution is -2.46. The topological polar surface area (TPSA) is 58.0 Å². The van der Waals surface area contributed by atoms with Crippen LogP contribution < -0.4 is 4.90 Å². The van der Waals surface area contributed by atoms with Crippen LogP contribution in [0.1, 0.15) is 29.7 Å². The summed E-state index contributed by atoms with van der Waals surface area (Å²) >= 11 is 0. The van der Waals surface area contributed by atoms with Gasteiger partial charge in [0.25, 0.3) is 0 Å². The van der Waals surface area contributed by atoms with Gasteiger partial charge in [-0.15, -0.1) is 0 Å². The summed E-state index contributed by atoms with van der Waals surface area (Å²) in [6, 6.07) is 2.01. The van der Waals surface area contributed by atoms with Gasteiger partial charge in [0.1, 0.15) is 5.82 Å². The van der Waals surface area contributed by atoms with Gasteiger partial charge in [-0.1, -0.05) is 6.92 Å². The van der Waals surface area contributed by atoms with Crippen LogP contribution in [0.25, 0.3) is 0 Å². The molecule has 1 fully saturated rings. The highest BCUT2D eigenvalue weighted by molar-refractivity contribution is 5.32. The monoisotopic (exact) mass is 312 g/mol. The molecule has 0 aromatic carbocycles. The predicted molar refractivity (Wildman–Crippen MR) is 90.4 cm³/mol. The second-order valence-electron chi connectivity index (χ2n) is 6.07. The molecule has 0 spiro atoms. The number of hydrogen-bond acceptors (Lipinski definition) is 6. The lowest BCUT2D eigenvalue weighted by Gasteiger charge is -2.34. The third-order valence-electron chi connectivity index (χ3n) is 4.11. The summed E-state index contributed by atoms with van der Waals surface area (Å²) in [5.41, 5.74) is 3.24. The second-order valence-corrected chi connectivity index (χ2v) is 6.07. The van der Waals surface area contributed by atoms with Gasteiger partial charge in [0.15, 0.2) is 0 Å². The highest BCUT2D eigenvalue weighted by Crippen LogP contribution is 2.14. The number of nitrogens with zero attached hydrogens (tertiary/aromatic N) is 6. The van der Waals surface area contributed by atoms with E-state index in [0.717, 1.165) is 62.3 Å². The molecule has 0 atom stereocenters. The predicted octanol–water partition coefficient (Wildman–Crippen LogP) is 1.77. The quantitative estimate of drug-likeness (QED) is 0.857. The highest BCUT2D eigenvalue weighted by Gasteiger charge is 2.19. The first-order valence-corrected chi connectivity index (χ1v) is 8.23. The molecule has 0 N–H and O–H groups in total. The highest BCUT2D eigenvalue weighted by atomic mass is 15.3. The molecule has 23 heavy (non-hydrogen) atoms. The Morgan fingerprint density at radius 1 is 0.957 bits per heavy atom. The van der Waals surface area contributed by atoms with E-state index in [1.165, 1.54) is 5.56 Å². The van der Waals surface area contributed by atoms with E-state index in [1.54, 1.807) is 0 Å². The molecule has 3 rings (SSSR count). The minimum atomic E-state index is 0.859. The van der Waals surface area contributed by atoms with Crippen LogP contribution in [0, 0.1) is 13.8 Å². The van der Waals surface area contributed by atoms with Gasteiger partial charge in [-0.2, -0.15) is 0 Å². The number of rotatable bonds is 4. The summed E-state index contributed by atoms with van der Waals surface area (Å²) in [6.07, 6.45) is 4.78. The lowest BCUT2D eigenvalue weighted by molar-refractivity contribution is 0.248. The maximum absolute atomic E-state index is 4.56. The van der Waals surface area contributed by atoms with Gasteiger partial charge in [-0.05, 0) is 19.9 Å². The molecule has 0 bridgehead atoms. The van der Waals surface area contributed by atoms with Crippen molar-refractivity contribution in [2.45, 2.75) is 33.7 Å². The van der Waals surface area contributed by atoms with E-state index in [9.17, 15) is 0 Å². The van der Waals surface area contributed by atoms with Gasteiger partial charge >= 0.3 is 0 Å². The Morgan fingerprint density at radius 2 is 1.57 bits per heavy atom. The van der Waals surface area contributed by atoms with Crippen LogP contribution in [0.2, 0.25) is 0 Å². The fraction of sp³-hybridized carbons (Fsp3) is 0.529. The Labute approximate surface area is 137 Å². The third kappa shape index (κ3) is 4.01. The number of anilines is 1. The summed E-state index contributed by atoms with van der Waals surface area (Å²) in [5.74, 6) is 1.77. The molecule has 2 aromatic rings. The zero-order valence-corrected chi connectivity index (χ0v) is 14.2. The first-order valence-electron chi connectivity index (χ1n) is 8.23. The summed E-state index contributed by atoms with van der Waals surface area (Å²) in [7, 11) is 0. The second kappa shape index (κ2) is 7.00. The van der Waals surface area contributed by atoms with Crippen LogP contribution in [0.5, 0.6) is 0 Å². The van der Waals surface area contributed by atoms with Crippen LogP contribution >= 0.6 is 0 Å². The third-order valence-corrected chi connectivity index (χ3v) is 4.11. The van der Waals surface area contributed by atoms with Crippen molar-refractivity contribution in [2.75, 3.05) is 31.1 Å². The molecule has 3 heterocycles. The summed E-state index contributed by atoms with van der Waals surface area (Å²) in [6.45, 7) is 10.9. The van der Waals surface area contributed by atoms with Crippen LogP contribution in [-0.2, 0) is 13.0 Å². The van der Waals surface area contributed by atoms with E-state index >= 15 is 0 Å². The first kappa shape index (κ1) is 15.8. The molecule has 1 saturated heterocycles. The summed E-state index contributed by atoms with van der Waals surface area (Å²) < 4.78 is 0. The van der Waals surface area contributed by atoms with E-state index in [1.807, 2.05) is 32.3 Å². The maximum atomic E-state index is 4.56. The van der Waals surface area contributed by atoms with Gasteiger partial charge in [0.2, 0.25) is 5.95 Å². The number of piperazine rings is 1. The molecule has 0 unspecified atom stereocenters. The smallest absolute Gasteiger partial charge is 0.225 e. The fourth-order valence-corrected chi connectivity index (χ4v) is 2.86. The van der Waals surface area contributed by atoms with Crippen molar-refractivity contribution < 1.29 is 0 Å². The molecule has 6 heteroatoms. The summed E-state index contributed by atoms with van der Waals surface area (Å²) in [5, 5.41) is 0. The van der Waals surface area contributed by atoms with Crippen molar-refractivity contribution in [1.29, 1.82) is 0 Å². The molecule has 6 nitrogen and oxygen atoms in total. The van der Waals surface area contributed by atoms with Gasteiger partial charge in [0.05, 0.1) is 0 Å². The van der Waals surface area contributed by atoms with Crippen LogP contribution in [0.4, 0.5) is 5.95 Å². The number of hydrogen-bond donors (Lipinski definition) is 0. The minimum Gasteiger partial charge on any atom is -0.338 e. The SMILES string of the molecule is CCc1ncc(CN2CCN(c3nc(C)cc(C)n3)CC2)cn1. The van der Waals surface area contributed by atoms with Gasteiger partial charge < -0.3 is 4.90 Å². The maximum Gasteiger partial charge on any atom is 0.225 e. The largest absolute Gasteiger partial charge is 0.338 e. The Bertz CT molecular complexity index is 626. The van der Waals surface area contributed by atoms with Gasteiger partial charge in [0, 0.05) is 68.5 Å². The van der Waals surface area contributed by atoms with Crippen molar-refractivity contribution in [3.05, 3.63) is 41.2 Å². The lowest BCUT2D eigenvalue weighted by atomic mass is 10.2. The Hall–Kier alpha value is -2.08. The molecule has 0 saturated carbocycles. The molecule has 1 aliphatic heterocycles. The average Bonchev–Trinajstić information content (AvgIpc) is 2.55. The molecular formula is C17H24N6. The van der Waals surface area contributed by atoms with E-state index in [2.05, 4.69) is 36.7 Å². The van der Waals surface area contributed by atoms with Crippen LogP contribution in [-0.4, -0.2) is 51.0 Å². The average molecular weight is 312 g/mol. The van der Waals surface area contributed by atoms with Crippen LogP contribution in [0.3, 0.4) is 0 Å². The Balaban J connectivity index is 1.57. The van der Waals surface area contributed by atoms with E-state index in [4.69, 9.17) is 0 Å². The molecule has 0 amide bonds. The zero-order chi connectivity index (χ0) is 16.2. The van der Waals surface area contributed by atoms with E-state index < -0.39 is 0 Å². The van der Waals surface area contributed by atoms with Crippen molar-refractivity contribution in [3.63, 3.8) is 0 Å². The zero-order valence-electron chi connectivity index (χ0n) is 14.2. The molecular weight excluding hydrogens is 288 g/mol. The fourth-order valence-electron chi connectivity index (χ4n) is 2.86. The number of aryl methyl sites for hydroxylation is 3. The van der Waals surface area contributed by atoms with Crippen molar-refractivity contribution in [1.82, 2.24) is 24.8 Å². The van der Waals surface area contributed by atoms with E-state index in [0.29, 0.717) is 0 Å². The Kier molecular flexibility index (Phi) is 4.81. The minimum absolute atomic E-state index is 0.859. The van der Waals surface area contributed by atoms with E-state index in [-0.39, 0.29) is 0 Å². The molecule has 2 aromatic heterocycles. The van der Waals surface area contributed by atoms with Crippen LogP contribution in [0.15, 0.2) is 18.5 Å². The number of aromatic nitrogens is 4. The molecule has 122 valence electrons. The van der Waals surface area contributed by atoms with Gasteiger partial charge in [-0.3, -0.25) is 4.90 Å². The first-order chi connectivity index (χ1) is 11.1. The standard InChI is InChI=1S/C17H24N6/c1-4-16-18-10-15(11-19-16)12-22-5-7-23(8-6-22)17-20-13(2)9-14(3)21-17/h9-11H,4-8,12H2,1-3H3. The summed E-state index contributed by atoms with van der Waals surface area (Å²) in [4.78, 5) is 22.6. The van der Waals surface area contributed by atoms with Gasteiger partial charge in [-0.25, -0.2) is 19.9 Å². The normalized spacial score (nSPS) is 15.9.